The second kappa shape index (κ2) is 12.8. The molecule has 0 saturated heterocycles. The van der Waals surface area contributed by atoms with E-state index in [1.165, 1.54) is 82.6 Å². The molecule has 1 heterocycles. The van der Waals surface area contributed by atoms with Gasteiger partial charge < -0.3 is 0 Å². The second-order valence-corrected chi connectivity index (χ2v) is 14.5. The summed E-state index contributed by atoms with van der Waals surface area (Å²) in [4.78, 5) is 4.71. The summed E-state index contributed by atoms with van der Waals surface area (Å²) >= 11 is 0. The number of pyridine rings is 1. The zero-order valence-electron chi connectivity index (χ0n) is 29.6. The van der Waals surface area contributed by atoms with Gasteiger partial charge in [0.1, 0.15) is 0 Å². The molecule has 0 N–H and O–H groups in total. The Morgan fingerprint density at radius 1 is 0.519 bits per heavy atom. The molecule has 248 valence electrons. The number of nitrogens with zero attached hydrogens (tertiary/aromatic N) is 1. The number of hydrogen-bond acceptors (Lipinski definition) is 1. The number of aromatic nitrogens is 1. The van der Waals surface area contributed by atoms with E-state index >= 15 is 0 Å². The van der Waals surface area contributed by atoms with Crippen LogP contribution in [0.3, 0.4) is 0 Å². The van der Waals surface area contributed by atoms with Gasteiger partial charge in [0, 0.05) is 23.2 Å². The highest BCUT2D eigenvalue weighted by Gasteiger charge is 2.27. The summed E-state index contributed by atoms with van der Waals surface area (Å²) in [6, 6.07) is 51.3. The van der Waals surface area contributed by atoms with Gasteiger partial charge in [-0.05, 0) is 119 Å². The van der Waals surface area contributed by atoms with Crippen LogP contribution in [0.1, 0.15) is 25.0 Å². The molecule has 0 saturated carbocycles. The molecular weight excluding hydrogens is 627 g/mol. The van der Waals surface area contributed by atoms with Crippen molar-refractivity contribution in [2.45, 2.75) is 25.7 Å². The van der Waals surface area contributed by atoms with E-state index in [0.29, 0.717) is 0 Å². The minimum Gasteiger partial charge on any atom is -0.264 e. The van der Waals surface area contributed by atoms with Crippen LogP contribution in [0.2, 0.25) is 0 Å². The Hall–Kier alpha value is -6.31. The molecule has 0 atom stereocenters. The van der Waals surface area contributed by atoms with E-state index in [1.807, 2.05) is 6.20 Å². The van der Waals surface area contributed by atoms with Crippen LogP contribution in [0.25, 0.3) is 76.8 Å². The highest BCUT2D eigenvalue weighted by molar-refractivity contribution is 6.22. The first-order valence-electron chi connectivity index (χ1n) is 18.1. The van der Waals surface area contributed by atoms with Gasteiger partial charge >= 0.3 is 0 Å². The van der Waals surface area contributed by atoms with Crippen molar-refractivity contribution in [1.82, 2.24) is 4.98 Å². The van der Waals surface area contributed by atoms with E-state index < -0.39 is 0 Å². The molecule has 0 bridgehead atoms. The van der Waals surface area contributed by atoms with Gasteiger partial charge in [-0.15, -0.1) is 0 Å². The summed E-state index contributed by atoms with van der Waals surface area (Å²) in [5.41, 5.74) is 13.2. The molecule has 8 aromatic rings. The fourth-order valence-corrected chi connectivity index (χ4v) is 8.02. The van der Waals surface area contributed by atoms with Crippen LogP contribution >= 0.6 is 0 Å². The quantitative estimate of drug-likeness (QED) is 0.171. The molecule has 1 aliphatic rings. The van der Waals surface area contributed by atoms with Crippen molar-refractivity contribution in [3.05, 3.63) is 200 Å². The monoisotopic (exact) mass is 665 g/mol. The molecule has 0 aliphatic heterocycles. The summed E-state index contributed by atoms with van der Waals surface area (Å²) in [5, 5.41) is 7.26. The van der Waals surface area contributed by atoms with E-state index in [-0.39, 0.29) is 5.41 Å². The minimum atomic E-state index is -0.238. The Morgan fingerprint density at radius 3 is 1.98 bits per heavy atom. The maximum atomic E-state index is 4.71. The lowest BCUT2D eigenvalue weighted by molar-refractivity contribution is 0.635. The number of fused-ring (bicyclic) bond motifs is 4. The molecule has 0 spiro atoms. The molecule has 52 heavy (non-hydrogen) atoms. The average Bonchev–Trinajstić information content (AvgIpc) is 3.24. The van der Waals surface area contributed by atoms with Crippen LogP contribution in [0.5, 0.6) is 0 Å². The molecule has 9 rings (SSSR count). The number of hydrogen-bond donors (Lipinski definition) is 0. The third kappa shape index (κ3) is 5.47. The van der Waals surface area contributed by atoms with Crippen molar-refractivity contribution in [3.63, 3.8) is 0 Å². The Morgan fingerprint density at radius 2 is 1.15 bits per heavy atom. The first-order valence-corrected chi connectivity index (χ1v) is 18.1. The van der Waals surface area contributed by atoms with Crippen molar-refractivity contribution in [2.75, 3.05) is 0 Å². The van der Waals surface area contributed by atoms with E-state index in [2.05, 4.69) is 190 Å². The Labute approximate surface area is 305 Å². The van der Waals surface area contributed by atoms with Crippen LogP contribution < -0.4 is 0 Å². The summed E-state index contributed by atoms with van der Waals surface area (Å²) in [6.07, 6.45) is 13.5. The largest absolute Gasteiger partial charge is 0.264 e. The van der Waals surface area contributed by atoms with Crippen LogP contribution in [0, 0.1) is 0 Å². The molecule has 1 nitrogen and oxygen atoms in total. The zero-order chi connectivity index (χ0) is 35.2. The Kier molecular flexibility index (Phi) is 7.78. The van der Waals surface area contributed by atoms with Crippen molar-refractivity contribution >= 4 is 32.3 Å². The number of benzene rings is 7. The van der Waals surface area contributed by atoms with Gasteiger partial charge in [-0.3, -0.25) is 4.98 Å². The Bertz CT molecular complexity index is 2730. The van der Waals surface area contributed by atoms with Gasteiger partial charge in [0.2, 0.25) is 0 Å². The lowest BCUT2D eigenvalue weighted by Crippen LogP contribution is -2.20. The van der Waals surface area contributed by atoms with E-state index in [9.17, 15) is 0 Å². The summed E-state index contributed by atoms with van der Waals surface area (Å²) in [6.45, 7) is 9.12. The first kappa shape index (κ1) is 31.7. The number of rotatable bonds is 4. The average molecular weight is 666 g/mol. The highest BCUT2D eigenvalue weighted by Crippen LogP contribution is 2.46. The smallest absolute Gasteiger partial charge is 0.0353 e. The van der Waals surface area contributed by atoms with Gasteiger partial charge in [0.25, 0.3) is 0 Å². The van der Waals surface area contributed by atoms with E-state index in [1.54, 1.807) is 0 Å². The molecule has 0 radical (unpaired) electrons. The SMILES string of the molecule is C=C1/C=C\C=C/Cc2ccc(-c3c4ccncc4c(-c4ccc5ccccc5c4)c4ccc(-c5ccc(-c6ccccc6)cc5)cc34)cc2C1(C)C. The van der Waals surface area contributed by atoms with Crippen molar-refractivity contribution < 1.29 is 0 Å². The molecule has 7 aromatic carbocycles. The van der Waals surface area contributed by atoms with E-state index in [0.717, 1.165) is 17.4 Å². The number of allylic oxidation sites excluding steroid dienone is 5. The molecule has 0 amide bonds. The van der Waals surface area contributed by atoms with Gasteiger partial charge in [0.05, 0.1) is 0 Å². The van der Waals surface area contributed by atoms with Crippen LogP contribution in [0.4, 0.5) is 0 Å². The van der Waals surface area contributed by atoms with E-state index in [4.69, 9.17) is 4.98 Å². The van der Waals surface area contributed by atoms with Crippen LogP contribution in [-0.2, 0) is 11.8 Å². The summed E-state index contributed by atoms with van der Waals surface area (Å²) < 4.78 is 0. The van der Waals surface area contributed by atoms with Crippen LogP contribution in [0.15, 0.2) is 188 Å². The lowest BCUT2D eigenvalue weighted by Gasteiger charge is -2.29. The molecule has 0 fully saturated rings. The molecule has 0 unspecified atom stereocenters. The topological polar surface area (TPSA) is 12.9 Å². The second-order valence-electron chi connectivity index (χ2n) is 14.5. The van der Waals surface area contributed by atoms with Crippen molar-refractivity contribution in [3.8, 4) is 44.5 Å². The maximum Gasteiger partial charge on any atom is 0.0353 e. The molecular formula is C51H39N. The predicted octanol–water partition coefficient (Wildman–Crippen LogP) is 13.7. The van der Waals surface area contributed by atoms with Crippen LogP contribution in [-0.4, -0.2) is 4.98 Å². The standard InChI is InChI=1S/C51H39N/c1-34-12-6-4-9-16-39-23-25-43(32-48(39)51(34,2)3)49-45-28-29-52-33-47(45)50(42-24-22-36-15-10-11-17-40(36)30-42)44-27-26-41(31-46(44)49)38-20-18-37(19-21-38)35-13-7-5-8-14-35/h4-15,17-33H,1,16H2,2-3H3/b9-4-,12-6-. The molecule has 1 aromatic heterocycles. The van der Waals surface area contributed by atoms with Gasteiger partial charge in [-0.25, -0.2) is 0 Å². The van der Waals surface area contributed by atoms with Gasteiger partial charge in [-0.1, -0.05) is 160 Å². The fourth-order valence-electron chi connectivity index (χ4n) is 8.02. The summed E-state index contributed by atoms with van der Waals surface area (Å²) in [5.74, 6) is 0. The maximum absolute atomic E-state index is 4.71. The van der Waals surface area contributed by atoms with Crippen molar-refractivity contribution in [2.24, 2.45) is 0 Å². The lowest BCUT2D eigenvalue weighted by atomic mass is 9.74. The Balaban J connectivity index is 1.32. The van der Waals surface area contributed by atoms with Crippen molar-refractivity contribution in [1.29, 1.82) is 0 Å². The minimum absolute atomic E-state index is 0.238. The predicted molar refractivity (Wildman–Crippen MR) is 223 cm³/mol. The van der Waals surface area contributed by atoms with Gasteiger partial charge in [-0.2, -0.15) is 0 Å². The fraction of sp³-hybridized carbons (Fsp3) is 0.0784. The normalized spacial score (nSPS) is 15.2. The third-order valence-electron chi connectivity index (χ3n) is 11.0. The zero-order valence-corrected chi connectivity index (χ0v) is 29.6. The van der Waals surface area contributed by atoms with Gasteiger partial charge in [0.15, 0.2) is 0 Å². The highest BCUT2D eigenvalue weighted by atomic mass is 14.6. The molecule has 1 heteroatoms. The first-order chi connectivity index (χ1) is 25.5. The third-order valence-corrected chi connectivity index (χ3v) is 11.0. The molecule has 1 aliphatic carbocycles. The summed E-state index contributed by atoms with van der Waals surface area (Å²) in [7, 11) is 0.